The van der Waals surface area contributed by atoms with Crippen LogP contribution in [0.2, 0.25) is 0 Å². The third kappa shape index (κ3) is 2.42. The molecular formula is C17H24N4O2. The maximum Gasteiger partial charge on any atom is 0.407 e. The van der Waals surface area contributed by atoms with Gasteiger partial charge in [-0.3, -0.25) is 0 Å². The van der Waals surface area contributed by atoms with Gasteiger partial charge in [0, 0.05) is 30.2 Å². The molecule has 0 aromatic carbocycles. The Hall–Kier alpha value is -2.24. The average molecular weight is 316 g/mol. The number of carboxylic acid groups (broad SMARTS) is 1. The van der Waals surface area contributed by atoms with E-state index in [-0.39, 0.29) is 5.54 Å². The van der Waals surface area contributed by atoms with Crippen LogP contribution in [0.5, 0.6) is 0 Å². The van der Waals surface area contributed by atoms with Crippen LogP contribution in [-0.4, -0.2) is 37.7 Å². The number of hydrogen-bond acceptors (Lipinski definition) is 3. The average Bonchev–Trinajstić information content (AvgIpc) is 2.68. The normalized spacial score (nSPS) is 20.9. The molecule has 2 aromatic heterocycles. The smallest absolute Gasteiger partial charge is 0.407 e. The van der Waals surface area contributed by atoms with Crippen molar-refractivity contribution in [1.82, 2.24) is 14.5 Å². The van der Waals surface area contributed by atoms with E-state index in [4.69, 9.17) is 5.73 Å². The van der Waals surface area contributed by atoms with Crippen molar-refractivity contribution in [3.8, 4) is 0 Å². The van der Waals surface area contributed by atoms with E-state index in [1.54, 1.807) is 11.1 Å². The molecule has 1 aliphatic heterocycles. The number of fused-ring (bicyclic) bond motifs is 1. The molecule has 1 amide bonds. The second-order valence-electron chi connectivity index (χ2n) is 7.13. The molecule has 6 nitrogen and oxygen atoms in total. The lowest BCUT2D eigenvalue weighted by Crippen LogP contribution is -2.51. The number of rotatable bonds is 1. The molecule has 1 aliphatic rings. The largest absolute Gasteiger partial charge is 0.465 e. The van der Waals surface area contributed by atoms with Gasteiger partial charge in [-0.1, -0.05) is 0 Å². The van der Waals surface area contributed by atoms with E-state index in [1.807, 2.05) is 27.0 Å². The molecular weight excluding hydrogens is 292 g/mol. The molecule has 3 N–H and O–H groups in total. The van der Waals surface area contributed by atoms with Crippen LogP contribution in [-0.2, 0) is 7.05 Å². The lowest BCUT2D eigenvalue weighted by Gasteiger charge is -2.44. The lowest BCUT2D eigenvalue weighted by atomic mass is 9.78. The first kappa shape index (κ1) is 15.6. The molecule has 3 heterocycles. The molecule has 1 atom stereocenters. The number of piperidine rings is 1. The number of aromatic nitrogens is 2. The topological polar surface area (TPSA) is 84.4 Å². The van der Waals surface area contributed by atoms with Gasteiger partial charge in [-0.25, -0.2) is 9.78 Å². The zero-order valence-corrected chi connectivity index (χ0v) is 14.1. The maximum atomic E-state index is 11.4. The molecule has 124 valence electrons. The standard InChI is InChI=1S/C17H24N4O2/c1-10-14(13-7-12(18)9-19-15(13)20(10)4)11-5-6-21(16(22)23)17(2,3)8-11/h7,9,11H,5-6,8,18H2,1-4H3,(H,22,23). The Labute approximate surface area is 135 Å². The van der Waals surface area contributed by atoms with Crippen molar-refractivity contribution < 1.29 is 9.90 Å². The Morgan fingerprint density at radius 3 is 2.78 bits per heavy atom. The highest BCUT2D eigenvalue weighted by atomic mass is 16.4. The van der Waals surface area contributed by atoms with Crippen LogP contribution in [0.25, 0.3) is 11.0 Å². The van der Waals surface area contributed by atoms with Gasteiger partial charge in [-0.15, -0.1) is 0 Å². The van der Waals surface area contributed by atoms with Crippen LogP contribution < -0.4 is 5.73 Å². The molecule has 3 rings (SSSR count). The maximum absolute atomic E-state index is 11.4. The fourth-order valence-electron chi connectivity index (χ4n) is 3.99. The summed E-state index contributed by atoms with van der Waals surface area (Å²) in [6.07, 6.45) is 2.47. The third-order valence-corrected chi connectivity index (χ3v) is 5.21. The summed E-state index contributed by atoms with van der Waals surface area (Å²) < 4.78 is 2.10. The van der Waals surface area contributed by atoms with Crippen LogP contribution in [0, 0.1) is 6.92 Å². The van der Waals surface area contributed by atoms with E-state index >= 15 is 0 Å². The number of aryl methyl sites for hydroxylation is 1. The molecule has 0 aliphatic carbocycles. The van der Waals surface area contributed by atoms with E-state index in [2.05, 4.69) is 16.5 Å². The summed E-state index contributed by atoms with van der Waals surface area (Å²) in [7, 11) is 2.02. The van der Waals surface area contributed by atoms with Gasteiger partial charge in [0.1, 0.15) is 5.65 Å². The quantitative estimate of drug-likeness (QED) is 0.846. The predicted octanol–water partition coefficient (Wildman–Crippen LogP) is 3.10. The fraction of sp³-hybridized carbons (Fsp3) is 0.529. The Morgan fingerprint density at radius 1 is 1.48 bits per heavy atom. The van der Waals surface area contributed by atoms with Crippen molar-refractivity contribution in [2.45, 2.75) is 45.1 Å². The minimum absolute atomic E-state index is 0.313. The number of nitrogens with zero attached hydrogens (tertiary/aromatic N) is 3. The zero-order valence-electron chi connectivity index (χ0n) is 14.1. The van der Waals surface area contributed by atoms with Crippen molar-refractivity contribution >= 4 is 22.8 Å². The summed E-state index contributed by atoms with van der Waals surface area (Å²) in [4.78, 5) is 17.5. The molecule has 6 heteroatoms. The summed E-state index contributed by atoms with van der Waals surface area (Å²) in [5, 5.41) is 10.5. The second kappa shape index (κ2) is 5.15. The van der Waals surface area contributed by atoms with Crippen molar-refractivity contribution in [2.75, 3.05) is 12.3 Å². The van der Waals surface area contributed by atoms with E-state index in [0.29, 0.717) is 18.2 Å². The first-order chi connectivity index (χ1) is 10.7. The van der Waals surface area contributed by atoms with Gasteiger partial charge in [0.2, 0.25) is 0 Å². The van der Waals surface area contributed by atoms with Crippen molar-refractivity contribution in [1.29, 1.82) is 0 Å². The van der Waals surface area contributed by atoms with Gasteiger partial charge in [-0.2, -0.15) is 0 Å². The highest BCUT2D eigenvalue weighted by Crippen LogP contribution is 2.42. The number of hydrogen-bond donors (Lipinski definition) is 2. The number of likely N-dealkylation sites (tertiary alicyclic amines) is 1. The van der Waals surface area contributed by atoms with Gasteiger partial charge in [-0.05, 0) is 51.2 Å². The zero-order chi connectivity index (χ0) is 16.9. The first-order valence-electron chi connectivity index (χ1n) is 7.93. The molecule has 0 saturated carbocycles. The minimum Gasteiger partial charge on any atom is -0.465 e. The Kier molecular flexibility index (Phi) is 3.50. The highest BCUT2D eigenvalue weighted by molar-refractivity contribution is 5.85. The number of amides is 1. The van der Waals surface area contributed by atoms with Crippen molar-refractivity contribution in [3.05, 3.63) is 23.5 Å². The van der Waals surface area contributed by atoms with E-state index in [1.165, 1.54) is 11.3 Å². The minimum atomic E-state index is -0.839. The first-order valence-corrected chi connectivity index (χ1v) is 7.93. The summed E-state index contributed by atoms with van der Waals surface area (Å²) in [5.74, 6) is 0.313. The fourth-order valence-corrected chi connectivity index (χ4v) is 3.99. The van der Waals surface area contributed by atoms with Crippen LogP contribution in [0.15, 0.2) is 12.3 Å². The second-order valence-corrected chi connectivity index (χ2v) is 7.13. The van der Waals surface area contributed by atoms with E-state index in [9.17, 15) is 9.90 Å². The van der Waals surface area contributed by atoms with Crippen LogP contribution in [0.1, 0.15) is 43.9 Å². The molecule has 23 heavy (non-hydrogen) atoms. The highest BCUT2D eigenvalue weighted by Gasteiger charge is 2.39. The lowest BCUT2D eigenvalue weighted by molar-refractivity contribution is 0.0607. The summed E-state index contributed by atoms with van der Waals surface area (Å²) in [6.45, 7) is 6.66. The van der Waals surface area contributed by atoms with Crippen molar-refractivity contribution in [3.63, 3.8) is 0 Å². The van der Waals surface area contributed by atoms with Gasteiger partial charge < -0.3 is 20.3 Å². The van der Waals surface area contributed by atoms with E-state index < -0.39 is 6.09 Å². The molecule has 0 radical (unpaired) electrons. The van der Waals surface area contributed by atoms with E-state index in [0.717, 1.165) is 23.9 Å². The molecule has 1 saturated heterocycles. The number of pyridine rings is 1. The number of nitrogen functional groups attached to an aromatic ring is 1. The van der Waals surface area contributed by atoms with Crippen LogP contribution in [0.4, 0.5) is 10.5 Å². The predicted molar refractivity (Wildman–Crippen MR) is 90.6 cm³/mol. The monoisotopic (exact) mass is 316 g/mol. The molecule has 0 bridgehead atoms. The molecule has 1 fully saturated rings. The third-order valence-electron chi connectivity index (χ3n) is 5.21. The van der Waals surface area contributed by atoms with Crippen LogP contribution >= 0.6 is 0 Å². The molecule has 2 aromatic rings. The number of carbonyl (C=O) groups is 1. The Morgan fingerprint density at radius 2 is 2.17 bits per heavy atom. The number of nitrogens with two attached hydrogens (primary N) is 1. The number of anilines is 1. The van der Waals surface area contributed by atoms with Crippen LogP contribution in [0.3, 0.4) is 0 Å². The van der Waals surface area contributed by atoms with Crippen molar-refractivity contribution in [2.24, 2.45) is 7.05 Å². The van der Waals surface area contributed by atoms with Gasteiger partial charge in [0.05, 0.1) is 11.9 Å². The summed E-state index contributed by atoms with van der Waals surface area (Å²) >= 11 is 0. The van der Waals surface area contributed by atoms with Gasteiger partial charge in [0.15, 0.2) is 0 Å². The van der Waals surface area contributed by atoms with Gasteiger partial charge >= 0.3 is 6.09 Å². The Bertz CT molecular complexity index is 778. The summed E-state index contributed by atoms with van der Waals surface area (Å²) in [6, 6.07) is 1.99. The Balaban J connectivity index is 2.06. The molecule has 1 unspecified atom stereocenters. The summed E-state index contributed by atoms with van der Waals surface area (Å²) in [5.41, 5.74) is 9.60. The molecule has 0 spiro atoms. The SMILES string of the molecule is Cc1c(C2CCN(C(=O)O)C(C)(C)C2)c2cc(N)cnc2n1C. The van der Waals surface area contributed by atoms with Gasteiger partial charge in [0.25, 0.3) is 0 Å².